The smallest absolute Gasteiger partial charge is 0.246 e. The largest absolute Gasteiger partial charge is 0.384 e. The minimum absolute atomic E-state index is 0.0450. The Bertz CT molecular complexity index is 620. The molecule has 1 aliphatic carbocycles. The van der Waals surface area contributed by atoms with Gasteiger partial charge < -0.3 is 10.0 Å². The van der Waals surface area contributed by atoms with E-state index in [2.05, 4.69) is 0 Å². The molecule has 1 aromatic carbocycles. The Hall–Kier alpha value is -2.20. The summed E-state index contributed by atoms with van der Waals surface area (Å²) in [5, 5.41) is 10.5. The fourth-order valence-electron chi connectivity index (χ4n) is 2.96. The number of hydrogen-bond acceptors (Lipinski definition) is 3. The van der Waals surface area contributed by atoms with Crippen molar-refractivity contribution in [2.45, 2.75) is 24.5 Å². The standard InChI is InChI=1S/C17H17NO3/c19-14-8-9-17(21)10-11-18(15(17)12-14)16(20)7-6-13-4-2-1-3-5-13/h1-9,15,21H,10-12H2/b7-6+/t15-,17+/m1/s1. The Balaban J connectivity index is 1.76. The number of benzene rings is 1. The minimum atomic E-state index is -1.05. The normalized spacial score (nSPS) is 28.1. The molecule has 2 atom stereocenters. The molecule has 21 heavy (non-hydrogen) atoms. The van der Waals surface area contributed by atoms with Crippen LogP contribution in [-0.2, 0) is 9.59 Å². The van der Waals surface area contributed by atoms with Crippen LogP contribution in [0.3, 0.4) is 0 Å². The van der Waals surface area contributed by atoms with Crippen molar-refractivity contribution in [3.63, 3.8) is 0 Å². The van der Waals surface area contributed by atoms with Crippen LogP contribution in [0, 0.1) is 0 Å². The van der Waals surface area contributed by atoms with Gasteiger partial charge in [0, 0.05) is 19.0 Å². The lowest BCUT2D eigenvalue weighted by Crippen LogP contribution is -2.48. The first-order chi connectivity index (χ1) is 10.1. The van der Waals surface area contributed by atoms with Crippen LogP contribution in [0.5, 0.6) is 0 Å². The molecule has 4 nitrogen and oxygen atoms in total. The van der Waals surface area contributed by atoms with Crippen molar-refractivity contribution in [3.8, 4) is 0 Å². The lowest BCUT2D eigenvalue weighted by Gasteiger charge is -2.33. The first-order valence-corrected chi connectivity index (χ1v) is 7.07. The molecular formula is C17H17NO3. The predicted octanol–water partition coefficient (Wildman–Crippen LogP) is 1.56. The molecule has 0 unspecified atom stereocenters. The van der Waals surface area contributed by atoms with E-state index in [1.807, 2.05) is 30.3 Å². The second-order valence-electron chi connectivity index (χ2n) is 5.54. The van der Waals surface area contributed by atoms with Crippen LogP contribution in [-0.4, -0.2) is 39.9 Å². The quantitative estimate of drug-likeness (QED) is 0.838. The summed E-state index contributed by atoms with van der Waals surface area (Å²) in [6.07, 6.45) is 6.89. The molecule has 4 heteroatoms. The van der Waals surface area contributed by atoms with Crippen molar-refractivity contribution in [2.75, 3.05) is 6.54 Å². The van der Waals surface area contributed by atoms with E-state index in [1.165, 1.54) is 18.2 Å². The van der Waals surface area contributed by atoms with Gasteiger partial charge in [-0.05, 0) is 30.2 Å². The van der Waals surface area contributed by atoms with Crippen LogP contribution in [0.25, 0.3) is 6.08 Å². The zero-order chi connectivity index (χ0) is 14.9. The summed E-state index contributed by atoms with van der Waals surface area (Å²) in [5.41, 5.74) is -0.107. The highest BCUT2D eigenvalue weighted by Crippen LogP contribution is 2.35. The molecule has 1 aromatic rings. The van der Waals surface area contributed by atoms with Gasteiger partial charge in [0.25, 0.3) is 0 Å². The molecule has 0 saturated carbocycles. The summed E-state index contributed by atoms with van der Waals surface area (Å²) in [6, 6.07) is 9.11. The summed E-state index contributed by atoms with van der Waals surface area (Å²) in [6.45, 7) is 0.469. The minimum Gasteiger partial charge on any atom is -0.384 e. The molecule has 0 aromatic heterocycles. The number of allylic oxidation sites excluding steroid dienone is 1. The molecule has 3 rings (SSSR count). The Morgan fingerprint density at radius 2 is 2.10 bits per heavy atom. The maximum atomic E-state index is 12.3. The fourth-order valence-corrected chi connectivity index (χ4v) is 2.96. The molecule has 1 aliphatic heterocycles. The molecule has 1 fully saturated rings. The predicted molar refractivity (Wildman–Crippen MR) is 79.3 cm³/mol. The maximum Gasteiger partial charge on any atom is 0.246 e. The van der Waals surface area contributed by atoms with Crippen molar-refractivity contribution < 1.29 is 14.7 Å². The number of nitrogens with zero attached hydrogens (tertiary/aromatic N) is 1. The van der Waals surface area contributed by atoms with Gasteiger partial charge in [0.1, 0.15) is 5.60 Å². The summed E-state index contributed by atoms with van der Waals surface area (Å²) in [4.78, 5) is 25.5. The number of amides is 1. The Morgan fingerprint density at radius 3 is 2.86 bits per heavy atom. The molecule has 2 aliphatic rings. The SMILES string of the molecule is O=C1C=C[C@]2(O)CCN(C(=O)/C=C/c3ccccc3)[C@@H]2C1. The lowest BCUT2D eigenvalue weighted by atomic mass is 9.86. The number of ketones is 1. The van der Waals surface area contributed by atoms with Gasteiger partial charge >= 0.3 is 0 Å². The van der Waals surface area contributed by atoms with Crippen molar-refractivity contribution in [1.29, 1.82) is 0 Å². The summed E-state index contributed by atoms with van der Waals surface area (Å²) in [5.74, 6) is -0.209. The third-order valence-electron chi connectivity index (χ3n) is 4.16. The highest BCUT2D eigenvalue weighted by molar-refractivity contribution is 5.95. The first-order valence-electron chi connectivity index (χ1n) is 7.07. The van der Waals surface area contributed by atoms with Gasteiger partial charge in [-0.15, -0.1) is 0 Å². The lowest BCUT2D eigenvalue weighted by molar-refractivity contribution is -0.130. The van der Waals surface area contributed by atoms with Gasteiger partial charge in [0.2, 0.25) is 5.91 Å². The Kier molecular flexibility index (Phi) is 3.47. The van der Waals surface area contributed by atoms with Crippen LogP contribution < -0.4 is 0 Å². The summed E-state index contributed by atoms with van der Waals surface area (Å²) >= 11 is 0. The highest BCUT2D eigenvalue weighted by Gasteiger charge is 2.48. The fraction of sp³-hybridized carbons (Fsp3) is 0.294. The second kappa shape index (κ2) is 5.30. The topological polar surface area (TPSA) is 57.6 Å². The van der Waals surface area contributed by atoms with E-state index in [0.29, 0.717) is 13.0 Å². The number of fused-ring (bicyclic) bond motifs is 1. The van der Waals surface area contributed by atoms with Gasteiger partial charge in [-0.25, -0.2) is 0 Å². The molecule has 0 bridgehead atoms. The average Bonchev–Trinajstić information content (AvgIpc) is 2.83. The van der Waals surface area contributed by atoms with Gasteiger partial charge in [0.15, 0.2) is 5.78 Å². The number of carbonyl (C=O) groups is 2. The number of rotatable bonds is 2. The number of hydrogen-bond donors (Lipinski definition) is 1. The van der Waals surface area contributed by atoms with Crippen molar-refractivity contribution in [2.24, 2.45) is 0 Å². The molecular weight excluding hydrogens is 266 g/mol. The molecule has 0 radical (unpaired) electrons. The van der Waals surface area contributed by atoms with Crippen molar-refractivity contribution in [1.82, 2.24) is 4.90 Å². The average molecular weight is 283 g/mol. The maximum absolute atomic E-state index is 12.3. The monoisotopic (exact) mass is 283 g/mol. The molecule has 1 amide bonds. The van der Waals surface area contributed by atoms with Crippen LogP contribution in [0.4, 0.5) is 0 Å². The van der Waals surface area contributed by atoms with Gasteiger partial charge in [-0.1, -0.05) is 30.3 Å². The molecule has 0 spiro atoms. The summed E-state index contributed by atoms with van der Waals surface area (Å²) < 4.78 is 0. The Labute approximate surface area is 123 Å². The number of aliphatic hydroxyl groups is 1. The second-order valence-corrected chi connectivity index (χ2v) is 5.54. The third kappa shape index (κ3) is 2.67. The molecule has 1 N–H and O–H groups in total. The number of carbonyl (C=O) groups excluding carboxylic acids is 2. The third-order valence-corrected chi connectivity index (χ3v) is 4.16. The Morgan fingerprint density at radius 1 is 1.33 bits per heavy atom. The zero-order valence-corrected chi connectivity index (χ0v) is 11.6. The van der Waals surface area contributed by atoms with E-state index in [1.54, 1.807) is 11.0 Å². The van der Waals surface area contributed by atoms with E-state index >= 15 is 0 Å². The summed E-state index contributed by atoms with van der Waals surface area (Å²) in [7, 11) is 0. The highest BCUT2D eigenvalue weighted by atomic mass is 16.3. The van der Waals surface area contributed by atoms with Crippen LogP contribution >= 0.6 is 0 Å². The molecule has 1 saturated heterocycles. The van der Waals surface area contributed by atoms with Gasteiger partial charge in [-0.2, -0.15) is 0 Å². The molecule has 108 valence electrons. The van der Waals surface area contributed by atoms with E-state index in [0.717, 1.165) is 5.56 Å². The number of likely N-dealkylation sites (tertiary alicyclic amines) is 1. The van der Waals surface area contributed by atoms with Crippen LogP contribution in [0.2, 0.25) is 0 Å². The van der Waals surface area contributed by atoms with Crippen LogP contribution in [0.15, 0.2) is 48.6 Å². The first kappa shape index (κ1) is 13.8. The van der Waals surface area contributed by atoms with Gasteiger partial charge in [-0.3, -0.25) is 9.59 Å². The van der Waals surface area contributed by atoms with Crippen LogP contribution in [0.1, 0.15) is 18.4 Å². The van der Waals surface area contributed by atoms with Crippen molar-refractivity contribution in [3.05, 3.63) is 54.1 Å². The van der Waals surface area contributed by atoms with E-state index < -0.39 is 11.6 Å². The molecule has 1 heterocycles. The van der Waals surface area contributed by atoms with E-state index in [4.69, 9.17) is 0 Å². The van der Waals surface area contributed by atoms with E-state index in [9.17, 15) is 14.7 Å². The zero-order valence-electron chi connectivity index (χ0n) is 11.6. The van der Waals surface area contributed by atoms with Crippen molar-refractivity contribution >= 4 is 17.8 Å². The van der Waals surface area contributed by atoms with E-state index in [-0.39, 0.29) is 18.1 Å². The van der Waals surface area contributed by atoms with Gasteiger partial charge in [0.05, 0.1) is 6.04 Å².